The van der Waals surface area contributed by atoms with E-state index in [-0.39, 0.29) is 18.4 Å². The second kappa shape index (κ2) is 11.2. The van der Waals surface area contributed by atoms with E-state index < -0.39 is 11.5 Å². The van der Waals surface area contributed by atoms with Crippen LogP contribution in [0.4, 0.5) is 0 Å². The standard InChI is InChI=1S/C23H28BrNO5/c1-5-7-16-13-19(24)18(20(14-16)28-3)15-21(26)25-23(22(27)29-4)10-8-17(9-11-23)30-12-6-2/h6,13-14,17H,2,8-12,15H2,1,3-4H3,(H,25,26). The van der Waals surface area contributed by atoms with E-state index in [0.29, 0.717) is 43.6 Å². The van der Waals surface area contributed by atoms with Crippen LogP contribution in [0.15, 0.2) is 29.3 Å². The molecule has 162 valence electrons. The summed E-state index contributed by atoms with van der Waals surface area (Å²) in [6, 6.07) is 3.64. The zero-order valence-corrected chi connectivity index (χ0v) is 19.3. The van der Waals surface area contributed by atoms with Crippen molar-refractivity contribution in [1.82, 2.24) is 5.32 Å². The third-order valence-electron chi connectivity index (χ3n) is 5.17. The van der Waals surface area contributed by atoms with Crippen molar-refractivity contribution >= 4 is 27.8 Å². The fraction of sp³-hybridized carbons (Fsp3) is 0.478. The normalized spacial score (nSPS) is 20.5. The first kappa shape index (κ1) is 24.0. The molecule has 0 aromatic heterocycles. The Labute approximate surface area is 186 Å². The molecule has 1 aliphatic rings. The summed E-state index contributed by atoms with van der Waals surface area (Å²) in [6.45, 7) is 5.88. The molecule has 6 nitrogen and oxygen atoms in total. The molecule has 0 unspecified atom stereocenters. The van der Waals surface area contributed by atoms with Gasteiger partial charge in [-0.3, -0.25) is 4.79 Å². The number of esters is 1. The van der Waals surface area contributed by atoms with E-state index in [9.17, 15) is 9.59 Å². The van der Waals surface area contributed by atoms with Gasteiger partial charge in [-0.05, 0) is 44.7 Å². The molecule has 0 bridgehead atoms. The maximum absolute atomic E-state index is 12.9. The Bertz CT molecular complexity index is 847. The van der Waals surface area contributed by atoms with Crippen molar-refractivity contribution in [2.45, 2.75) is 50.7 Å². The molecule has 1 fully saturated rings. The van der Waals surface area contributed by atoms with Gasteiger partial charge in [0.25, 0.3) is 0 Å². The first-order chi connectivity index (χ1) is 14.4. The third-order valence-corrected chi connectivity index (χ3v) is 5.88. The molecule has 0 heterocycles. The average molecular weight is 478 g/mol. The Morgan fingerprint density at radius 1 is 1.33 bits per heavy atom. The summed E-state index contributed by atoms with van der Waals surface area (Å²) in [5.41, 5.74) is 0.432. The van der Waals surface area contributed by atoms with Crippen LogP contribution in [0.2, 0.25) is 0 Å². The monoisotopic (exact) mass is 477 g/mol. The number of benzene rings is 1. The minimum atomic E-state index is -1.05. The third kappa shape index (κ3) is 5.87. The number of ether oxygens (including phenoxy) is 3. The number of carbonyl (C=O) groups excluding carboxylic acids is 2. The van der Waals surface area contributed by atoms with Crippen LogP contribution in [0.3, 0.4) is 0 Å². The molecule has 7 heteroatoms. The van der Waals surface area contributed by atoms with E-state index in [1.165, 1.54) is 7.11 Å². The largest absolute Gasteiger partial charge is 0.496 e. The topological polar surface area (TPSA) is 73.9 Å². The van der Waals surface area contributed by atoms with Crippen LogP contribution in [0.1, 0.15) is 43.7 Å². The number of halogens is 1. The number of nitrogens with one attached hydrogen (secondary N) is 1. The lowest BCUT2D eigenvalue weighted by Gasteiger charge is -2.38. The number of hydrogen-bond donors (Lipinski definition) is 1. The fourth-order valence-electron chi connectivity index (χ4n) is 3.68. The van der Waals surface area contributed by atoms with Crippen LogP contribution in [0.25, 0.3) is 0 Å². The van der Waals surface area contributed by atoms with Crippen molar-refractivity contribution in [2.24, 2.45) is 0 Å². The predicted octanol–water partition coefficient (Wildman–Crippen LogP) is 3.54. The number of hydrogen-bond acceptors (Lipinski definition) is 5. The first-order valence-electron chi connectivity index (χ1n) is 9.80. The molecular weight excluding hydrogens is 450 g/mol. The zero-order chi connectivity index (χ0) is 22.1. The number of carbonyl (C=O) groups is 2. The summed E-state index contributed by atoms with van der Waals surface area (Å²) < 4.78 is 16.9. The summed E-state index contributed by atoms with van der Waals surface area (Å²) in [4.78, 5) is 25.5. The molecule has 0 radical (unpaired) electrons. The second-order valence-electron chi connectivity index (χ2n) is 7.13. The Hall–Kier alpha value is -2.30. The zero-order valence-electron chi connectivity index (χ0n) is 17.7. The van der Waals surface area contributed by atoms with Crippen molar-refractivity contribution in [3.63, 3.8) is 0 Å². The predicted molar refractivity (Wildman–Crippen MR) is 118 cm³/mol. The summed E-state index contributed by atoms with van der Waals surface area (Å²) in [5.74, 6) is 5.67. The summed E-state index contributed by atoms with van der Waals surface area (Å²) >= 11 is 3.51. The average Bonchev–Trinajstić information content (AvgIpc) is 2.74. The van der Waals surface area contributed by atoms with Crippen LogP contribution in [0, 0.1) is 11.8 Å². The van der Waals surface area contributed by atoms with E-state index in [4.69, 9.17) is 14.2 Å². The number of amides is 1. The lowest BCUT2D eigenvalue weighted by atomic mass is 9.80. The molecule has 0 aliphatic heterocycles. The van der Waals surface area contributed by atoms with E-state index in [0.717, 1.165) is 10.0 Å². The van der Waals surface area contributed by atoms with Gasteiger partial charge in [-0.15, -0.1) is 12.5 Å². The smallest absolute Gasteiger partial charge is 0.331 e. The highest BCUT2D eigenvalue weighted by molar-refractivity contribution is 9.10. The van der Waals surface area contributed by atoms with Gasteiger partial charge in [0.2, 0.25) is 5.91 Å². The van der Waals surface area contributed by atoms with Crippen LogP contribution in [-0.2, 0) is 25.5 Å². The molecule has 1 saturated carbocycles. The molecular formula is C23H28BrNO5. The van der Waals surface area contributed by atoms with Gasteiger partial charge in [-0.2, -0.15) is 0 Å². The molecule has 1 N–H and O–H groups in total. The van der Waals surface area contributed by atoms with E-state index in [2.05, 4.69) is 39.7 Å². The molecule has 1 aliphatic carbocycles. The Morgan fingerprint density at radius 2 is 2.03 bits per heavy atom. The highest BCUT2D eigenvalue weighted by Crippen LogP contribution is 2.33. The molecule has 2 rings (SSSR count). The summed E-state index contributed by atoms with van der Waals surface area (Å²) in [6.07, 6.45) is 4.01. The molecule has 1 aromatic carbocycles. The van der Waals surface area contributed by atoms with Crippen LogP contribution in [0.5, 0.6) is 5.75 Å². The van der Waals surface area contributed by atoms with Gasteiger partial charge in [-0.25, -0.2) is 4.79 Å². The molecule has 1 amide bonds. The van der Waals surface area contributed by atoms with Gasteiger partial charge in [0.05, 0.1) is 33.4 Å². The quantitative estimate of drug-likeness (QED) is 0.352. The summed E-state index contributed by atoms with van der Waals surface area (Å²) in [7, 11) is 2.89. The Balaban J connectivity index is 2.17. The van der Waals surface area contributed by atoms with Gasteiger partial charge in [0, 0.05) is 15.6 Å². The minimum Gasteiger partial charge on any atom is -0.496 e. The molecule has 1 aromatic rings. The van der Waals surface area contributed by atoms with Gasteiger partial charge in [0.1, 0.15) is 11.3 Å². The Morgan fingerprint density at radius 3 is 2.60 bits per heavy atom. The second-order valence-corrected chi connectivity index (χ2v) is 7.99. The SMILES string of the molecule is C=CCOC1CCC(NC(=O)Cc2c(Br)cc(C#CC)cc2OC)(C(=O)OC)CC1. The highest BCUT2D eigenvalue weighted by atomic mass is 79.9. The molecule has 30 heavy (non-hydrogen) atoms. The van der Waals surface area contributed by atoms with Crippen molar-refractivity contribution in [2.75, 3.05) is 20.8 Å². The van der Waals surface area contributed by atoms with E-state index in [1.807, 2.05) is 6.07 Å². The van der Waals surface area contributed by atoms with Crippen molar-refractivity contribution in [3.05, 3.63) is 40.4 Å². The van der Waals surface area contributed by atoms with Crippen LogP contribution < -0.4 is 10.1 Å². The Kier molecular flexibility index (Phi) is 8.94. The van der Waals surface area contributed by atoms with E-state index in [1.54, 1.807) is 26.2 Å². The van der Waals surface area contributed by atoms with E-state index >= 15 is 0 Å². The number of methoxy groups -OCH3 is 2. The highest BCUT2D eigenvalue weighted by Gasteiger charge is 2.44. The molecule has 0 atom stereocenters. The maximum Gasteiger partial charge on any atom is 0.331 e. The van der Waals surface area contributed by atoms with Crippen molar-refractivity contribution in [3.8, 4) is 17.6 Å². The van der Waals surface area contributed by atoms with Crippen molar-refractivity contribution in [1.29, 1.82) is 0 Å². The first-order valence-corrected chi connectivity index (χ1v) is 10.6. The molecule has 0 spiro atoms. The lowest BCUT2D eigenvalue weighted by molar-refractivity contribution is -0.154. The lowest BCUT2D eigenvalue weighted by Crippen LogP contribution is -2.57. The van der Waals surface area contributed by atoms with Crippen molar-refractivity contribution < 1.29 is 23.8 Å². The fourth-order valence-corrected chi connectivity index (χ4v) is 4.27. The number of rotatable bonds is 8. The maximum atomic E-state index is 12.9. The molecule has 0 saturated heterocycles. The summed E-state index contributed by atoms with van der Waals surface area (Å²) in [5, 5.41) is 2.93. The van der Waals surface area contributed by atoms with Gasteiger partial charge in [-0.1, -0.05) is 27.9 Å². The van der Waals surface area contributed by atoms with Crippen LogP contribution in [-0.4, -0.2) is 44.3 Å². The minimum absolute atomic E-state index is 0.0409. The van der Waals surface area contributed by atoms with Gasteiger partial charge >= 0.3 is 5.97 Å². The van der Waals surface area contributed by atoms with Gasteiger partial charge in [0.15, 0.2) is 0 Å². The van der Waals surface area contributed by atoms with Gasteiger partial charge < -0.3 is 19.5 Å². The van der Waals surface area contributed by atoms with Crippen LogP contribution >= 0.6 is 15.9 Å².